The van der Waals surface area contributed by atoms with Crippen LogP contribution in [0.2, 0.25) is 0 Å². The van der Waals surface area contributed by atoms with Crippen molar-refractivity contribution in [1.82, 2.24) is 5.48 Å². The van der Waals surface area contributed by atoms with Gasteiger partial charge in [-0.3, -0.25) is 0 Å². The van der Waals surface area contributed by atoms with Crippen molar-refractivity contribution in [2.45, 2.75) is 31.7 Å². The first-order chi connectivity index (χ1) is 4.43. The van der Waals surface area contributed by atoms with Crippen LogP contribution in [0.25, 0.3) is 0 Å². The SMILES string of the molecule is ONC1CCC=CCC1. The lowest BCUT2D eigenvalue weighted by atomic mass is 10.1. The molecule has 0 unspecified atom stereocenters. The highest BCUT2D eigenvalue weighted by Gasteiger charge is 2.05. The molecule has 0 saturated heterocycles. The van der Waals surface area contributed by atoms with Gasteiger partial charge in [-0.25, -0.2) is 5.48 Å². The normalized spacial score (nSPS) is 21.9. The minimum absolute atomic E-state index is 0.319. The first-order valence-corrected chi connectivity index (χ1v) is 3.48. The van der Waals surface area contributed by atoms with E-state index in [4.69, 9.17) is 5.21 Å². The van der Waals surface area contributed by atoms with Crippen LogP contribution in [0.15, 0.2) is 12.2 Å². The summed E-state index contributed by atoms with van der Waals surface area (Å²) in [5.41, 5.74) is 2.30. The molecule has 0 aromatic rings. The summed E-state index contributed by atoms with van der Waals surface area (Å²) in [5.74, 6) is 0. The van der Waals surface area contributed by atoms with Crippen LogP contribution in [-0.4, -0.2) is 11.2 Å². The highest BCUT2D eigenvalue weighted by molar-refractivity contribution is 4.87. The maximum absolute atomic E-state index is 8.54. The highest BCUT2D eigenvalue weighted by atomic mass is 16.5. The van der Waals surface area contributed by atoms with Crippen LogP contribution >= 0.6 is 0 Å². The van der Waals surface area contributed by atoms with Crippen molar-refractivity contribution >= 4 is 0 Å². The van der Waals surface area contributed by atoms with Crippen LogP contribution < -0.4 is 5.48 Å². The van der Waals surface area contributed by atoms with Gasteiger partial charge in [-0.05, 0) is 25.7 Å². The summed E-state index contributed by atoms with van der Waals surface area (Å²) in [4.78, 5) is 0. The molecular formula is C7H13NO. The summed E-state index contributed by atoms with van der Waals surface area (Å²) < 4.78 is 0. The van der Waals surface area contributed by atoms with Crippen molar-refractivity contribution < 1.29 is 5.21 Å². The Labute approximate surface area is 55.5 Å². The van der Waals surface area contributed by atoms with Crippen molar-refractivity contribution in [3.8, 4) is 0 Å². The standard InChI is InChI=1S/C7H13NO/c9-8-7-5-3-1-2-4-6-7/h1-2,7-9H,3-6H2. The molecule has 2 N–H and O–H groups in total. The van der Waals surface area contributed by atoms with E-state index in [1.54, 1.807) is 0 Å². The van der Waals surface area contributed by atoms with Gasteiger partial charge in [0.25, 0.3) is 0 Å². The molecule has 0 heterocycles. The molecule has 0 fully saturated rings. The molecular weight excluding hydrogens is 114 g/mol. The Morgan fingerprint density at radius 1 is 1.22 bits per heavy atom. The summed E-state index contributed by atoms with van der Waals surface area (Å²) in [5, 5.41) is 8.54. The smallest absolute Gasteiger partial charge is 0.0325 e. The molecule has 2 heteroatoms. The lowest BCUT2D eigenvalue weighted by molar-refractivity contribution is 0.119. The molecule has 0 atom stereocenters. The molecule has 0 bridgehead atoms. The summed E-state index contributed by atoms with van der Waals surface area (Å²) in [6.45, 7) is 0. The van der Waals surface area contributed by atoms with Crippen LogP contribution in [0, 0.1) is 0 Å². The molecule has 0 aromatic carbocycles. The van der Waals surface area contributed by atoms with E-state index in [0.29, 0.717) is 6.04 Å². The fourth-order valence-corrected chi connectivity index (χ4v) is 1.10. The monoisotopic (exact) mass is 127 g/mol. The first-order valence-electron chi connectivity index (χ1n) is 3.48. The molecule has 1 aliphatic rings. The number of allylic oxidation sites excluding steroid dienone is 2. The average Bonchev–Trinajstić information content (AvgIpc) is 2.13. The number of nitrogens with one attached hydrogen (secondary N) is 1. The van der Waals surface area contributed by atoms with Gasteiger partial charge in [0.05, 0.1) is 0 Å². The van der Waals surface area contributed by atoms with Crippen LogP contribution in [0.3, 0.4) is 0 Å². The Kier molecular flexibility index (Phi) is 2.74. The molecule has 0 amide bonds. The molecule has 0 spiro atoms. The molecule has 1 aliphatic carbocycles. The summed E-state index contributed by atoms with van der Waals surface area (Å²) in [7, 11) is 0. The van der Waals surface area contributed by atoms with Gasteiger partial charge in [-0.15, -0.1) is 0 Å². The van der Waals surface area contributed by atoms with Gasteiger partial charge in [0.15, 0.2) is 0 Å². The van der Waals surface area contributed by atoms with E-state index in [1.807, 2.05) is 0 Å². The van der Waals surface area contributed by atoms with Crippen molar-refractivity contribution in [3.05, 3.63) is 12.2 Å². The van der Waals surface area contributed by atoms with E-state index < -0.39 is 0 Å². The Morgan fingerprint density at radius 3 is 2.22 bits per heavy atom. The molecule has 0 aliphatic heterocycles. The number of rotatable bonds is 1. The van der Waals surface area contributed by atoms with Crippen LogP contribution in [0.4, 0.5) is 0 Å². The molecule has 0 saturated carbocycles. The Hall–Kier alpha value is -0.340. The third-order valence-corrected chi connectivity index (χ3v) is 1.71. The largest absolute Gasteiger partial charge is 0.317 e. The second-order valence-electron chi connectivity index (χ2n) is 2.45. The number of hydroxylamine groups is 1. The molecule has 2 nitrogen and oxygen atoms in total. The lowest BCUT2D eigenvalue weighted by Gasteiger charge is -2.09. The van der Waals surface area contributed by atoms with E-state index in [0.717, 1.165) is 25.7 Å². The van der Waals surface area contributed by atoms with E-state index in [9.17, 15) is 0 Å². The maximum Gasteiger partial charge on any atom is 0.0325 e. The number of hydrogen-bond acceptors (Lipinski definition) is 2. The van der Waals surface area contributed by atoms with Crippen LogP contribution in [-0.2, 0) is 0 Å². The van der Waals surface area contributed by atoms with Crippen molar-refractivity contribution in [3.63, 3.8) is 0 Å². The van der Waals surface area contributed by atoms with Gasteiger partial charge in [0.1, 0.15) is 0 Å². The average molecular weight is 127 g/mol. The summed E-state index contributed by atoms with van der Waals surface area (Å²) in [6, 6.07) is 0.319. The minimum Gasteiger partial charge on any atom is -0.317 e. The molecule has 1 rings (SSSR count). The molecule has 0 aromatic heterocycles. The maximum atomic E-state index is 8.54. The zero-order valence-corrected chi connectivity index (χ0v) is 5.51. The second kappa shape index (κ2) is 3.64. The Bertz CT molecular complexity index is 91.1. The van der Waals surface area contributed by atoms with E-state index in [2.05, 4.69) is 17.6 Å². The van der Waals surface area contributed by atoms with Crippen molar-refractivity contribution in [2.75, 3.05) is 0 Å². The van der Waals surface area contributed by atoms with Crippen LogP contribution in [0.1, 0.15) is 25.7 Å². The zero-order valence-electron chi connectivity index (χ0n) is 5.51. The predicted molar refractivity (Wildman–Crippen MR) is 36.3 cm³/mol. The van der Waals surface area contributed by atoms with Gasteiger partial charge < -0.3 is 5.21 Å². The topological polar surface area (TPSA) is 32.3 Å². The van der Waals surface area contributed by atoms with Gasteiger partial charge in [-0.2, -0.15) is 0 Å². The lowest BCUT2D eigenvalue weighted by Crippen LogP contribution is -2.24. The predicted octanol–water partition coefficient (Wildman–Crippen LogP) is 1.46. The molecule has 9 heavy (non-hydrogen) atoms. The summed E-state index contributed by atoms with van der Waals surface area (Å²) in [6.07, 6.45) is 8.67. The van der Waals surface area contributed by atoms with Crippen molar-refractivity contribution in [2.24, 2.45) is 0 Å². The Morgan fingerprint density at radius 2 is 1.78 bits per heavy atom. The fourth-order valence-electron chi connectivity index (χ4n) is 1.10. The van der Waals surface area contributed by atoms with Gasteiger partial charge >= 0.3 is 0 Å². The quantitative estimate of drug-likeness (QED) is 0.413. The number of hydrogen-bond donors (Lipinski definition) is 2. The minimum atomic E-state index is 0.319. The van der Waals surface area contributed by atoms with E-state index >= 15 is 0 Å². The fraction of sp³-hybridized carbons (Fsp3) is 0.714. The zero-order chi connectivity index (χ0) is 6.53. The second-order valence-corrected chi connectivity index (χ2v) is 2.45. The molecule has 52 valence electrons. The van der Waals surface area contributed by atoms with Crippen LogP contribution in [0.5, 0.6) is 0 Å². The third kappa shape index (κ3) is 2.16. The third-order valence-electron chi connectivity index (χ3n) is 1.71. The van der Waals surface area contributed by atoms with Crippen molar-refractivity contribution in [1.29, 1.82) is 0 Å². The Balaban J connectivity index is 2.26. The highest BCUT2D eigenvalue weighted by Crippen LogP contribution is 2.10. The van der Waals surface area contributed by atoms with Gasteiger partial charge in [-0.1, -0.05) is 12.2 Å². The van der Waals surface area contributed by atoms with Gasteiger partial charge in [0.2, 0.25) is 0 Å². The first kappa shape index (κ1) is 6.78. The van der Waals surface area contributed by atoms with E-state index in [1.165, 1.54) is 0 Å². The summed E-state index contributed by atoms with van der Waals surface area (Å²) >= 11 is 0. The van der Waals surface area contributed by atoms with Gasteiger partial charge in [0, 0.05) is 6.04 Å². The van der Waals surface area contributed by atoms with E-state index in [-0.39, 0.29) is 0 Å². The molecule has 0 radical (unpaired) electrons.